The number of benzene rings is 1. The molecule has 0 aromatic heterocycles. The molecule has 9 atom stereocenters. The molecule has 2 unspecified atom stereocenters. The van der Waals surface area contributed by atoms with Crippen molar-refractivity contribution < 1.29 is 47.6 Å². The highest BCUT2D eigenvalue weighted by atomic mass is 16.7. The van der Waals surface area contributed by atoms with Gasteiger partial charge in [-0.3, -0.25) is 14.4 Å². The standard InChI is InChI=1S/C27H35N7O10/c1-14(30-27(38)39-13-18-8-6-5-7-9-18)21-10-11-22(40-15(2)35)26(43-21)44-24-20(32-34-29)12-19(31-33-28)23(41-16(3)36)25(24)42-17(4)37/h5-9,14,19-26H,10-13H2,1-4H3,(H,30,38)/t14-,19-,20+,21+,22?,23+,24-,25-,26?/m1/s1. The van der Waals surface area contributed by atoms with Crippen molar-refractivity contribution in [1.82, 2.24) is 5.32 Å². The maximum Gasteiger partial charge on any atom is 0.407 e. The summed E-state index contributed by atoms with van der Waals surface area (Å²) in [6, 6.07) is 6.38. The van der Waals surface area contributed by atoms with Gasteiger partial charge in [-0.15, -0.1) is 0 Å². The maximum atomic E-state index is 12.5. The fraction of sp³-hybridized carbons (Fsp3) is 0.630. The van der Waals surface area contributed by atoms with Gasteiger partial charge in [0.1, 0.15) is 18.8 Å². The average Bonchev–Trinajstić information content (AvgIpc) is 2.96. The SMILES string of the molecule is CC(=O)OC1CC[C@@H]([C@@H](C)NC(=O)OCc2ccccc2)OC1O[C@H]1[C@H](OC(C)=O)[C@@H](OC(C)=O)[C@H](N=[N+]=[N-])C[C@@H]1N=[N+]=[N-]. The highest BCUT2D eigenvalue weighted by Crippen LogP contribution is 2.35. The van der Waals surface area contributed by atoms with E-state index in [1.54, 1.807) is 6.92 Å². The van der Waals surface area contributed by atoms with Crippen LogP contribution in [0, 0.1) is 0 Å². The molecule has 1 aromatic carbocycles. The predicted molar refractivity (Wildman–Crippen MR) is 149 cm³/mol. The van der Waals surface area contributed by atoms with E-state index in [9.17, 15) is 24.7 Å². The summed E-state index contributed by atoms with van der Waals surface area (Å²) in [5.41, 5.74) is 19.2. The first-order chi connectivity index (χ1) is 21.0. The van der Waals surface area contributed by atoms with Crippen LogP contribution < -0.4 is 5.32 Å². The summed E-state index contributed by atoms with van der Waals surface area (Å²) < 4.78 is 34.0. The number of azide groups is 2. The molecule has 1 aliphatic heterocycles. The molecule has 0 bridgehead atoms. The third kappa shape index (κ3) is 9.74. The van der Waals surface area contributed by atoms with E-state index in [4.69, 9.17) is 34.0 Å². The average molecular weight is 618 g/mol. The normalized spacial score (nSPS) is 28.5. The lowest BCUT2D eigenvalue weighted by Gasteiger charge is -2.45. The summed E-state index contributed by atoms with van der Waals surface area (Å²) in [4.78, 5) is 54.1. The van der Waals surface area contributed by atoms with Gasteiger partial charge in [0, 0.05) is 30.6 Å². The first-order valence-electron chi connectivity index (χ1n) is 13.9. The van der Waals surface area contributed by atoms with Crippen LogP contribution in [0.5, 0.6) is 0 Å². The molecule has 1 N–H and O–H groups in total. The Morgan fingerprint density at radius 2 is 1.50 bits per heavy atom. The van der Waals surface area contributed by atoms with Crippen molar-refractivity contribution in [3.05, 3.63) is 56.8 Å². The van der Waals surface area contributed by atoms with E-state index in [0.717, 1.165) is 19.4 Å². The molecule has 1 amide bonds. The van der Waals surface area contributed by atoms with Gasteiger partial charge in [0.05, 0.1) is 24.2 Å². The molecule has 1 saturated carbocycles. The second-order valence-electron chi connectivity index (χ2n) is 10.3. The van der Waals surface area contributed by atoms with Gasteiger partial charge in [-0.05, 0) is 42.8 Å². The summed E-state index contributed by atoms with van der Waals surface area (Å²) in [6.45, 7) is 5.21. The van der Waals surface area contributed by atoms with Crippen molar-refractivity contribution >= 4 is 24.0 Å². The molecular formula is C27H35N7O10. The number of carbonyl (C=O) groups excluding carboxylic acids is 4. The van der Waals surface area contributed by atoms with E-state index in [2.05, 4.69) is 25.4 Å². The number of nitrogens with one attached hydrogen (secondary N) is 1. The molecule has 1 aliphatic carbocycles. The highest BCUT2D eigenvalue weighted by Gasteiger charge is 2.51. The Bertz CT molecular complexity index is 1270. The van der Waals surface area contributed by atoms with Crippen LogP contribution in [0.2, 0.25) is 0 Å². The molecule has 1 heterocycles. The number of esters is 3. The smallest absolute Gasteiger partial charge is 0.407 e. The number of hydrogen-bond acceptors (Lipinski definition) is 12. The third-order valence-electron chi connectivity index (χ3n) is 6.97. The fourth-order valence-electron chi connectivity index (χ4n) is 5.14. The van der Waals surface area contributed by atoms with Crippen molar-refractivity contribution in [3.8, 4) is 0 Å². The van der Waals surface area contributed by atoms with Crippen LogP contribution in [-0.2, 0) is 49.4 Å². The minimum absolute atomic E-state index is 0.0610. The molecule has 44 heavy (non-hydrogen) atoms. The van der Waals surface area contributed by atoms with Gasteiger partial charge >= 0.3 is 24.0 Å². The molecule has 17 nitrogen and oxygen atoms in total. The van der Waals surface area contributed by atoms with Gasteiger partial charge < -0.3 is 33.7 Å². The zero-order chi connectivity index (χ0) is 32.2. The zero-order valence-corrected chi connectivity index (χ0v) is 24.7. The number of carbonyl (C=O) groups is 4. The van der Waals surface area contributed by atoms with Crippen LogP contribution in [-0.4, -0.2) is 78.9 Å². The summed E-state index contributed by atoms with van der Waals surface area (Å²) in [7, 11) is 0. The zero-order valence-electron chi connectivity index (χ0n) is 24.7. The van der Waals surface area contributed by atoms with Gasteiger partial charge in [0.15, 0.2) is 18.5 Å². The number of hydrogen-bond donors (Lipinski definition) is 1. The number of nitrogens with zero attached hydrogens (tertiary/aromatic N) is 6. The second kappa shape index (κ2) is 16.3. The minimum atomic E-state index is -1.40. The van der Waals surface area contributed by atoms with E-state index in [0.29, 0.717) is 6.42 Å². The lowest BCUT2D eigenvalue weighted by atomic mass is 9.84. The van der Waals surface area contributed by atoms with Gasteiger partial charge in [0.25, 0.3) is 0 Å². The molecule has 238 valence electrons. The van der Waals surface area contributed by atoms with Crippen LogP contribution in [0.25, 0.3) is 20.9 Å². The van der Waals surface area contributed by atoms with Crippen molar-refractivity contribution in [2.45, 2.75) is 108 Å². The monoisotopic (exact) mass is 617 g/mol. The molecule has 1 saturated heterocycles. The van der Waals surface area contributed by atoms with E-state index < -0.39 is 78.9 Å². The van der Waals surface area contributed by atoms with E-state index in [-0.39, 0.29) is 19.4 Å². The van der Waals surface area contributed by atoms with Gasteiger partial charge in [-0.1, -0.05) is 40.6 Å². The van der Waals surface area contributed by atoms with Gasteiger partial charge in [-0.25, -0.2) is 4.79 Å². The molecule has 3 rings (SSSR count). The lowest BCUT2D eigenvalue weighted by molar-refractivity contribution is -0.287. The Balaban J connectivity index is 1.84. The summed E-state index contributed by atoms with van der Waals surface area (Å²) in [6.07, 6.45) is -7.07. The molecule has 1 aromatic rings. The Morgan fingerprint density at radius 3 is 2.09 bits per heavy atom. The number of alkyl carbamates (subject to hydrolysis) is 1. The van der Waals surface area contributed by atoms with Crippen LogP contribution in [0.1, 0.15) is 52.5 Å². The van der Waals surface area contributed by atoms with Gasteiger partial charge in [0.2, 0.25) is 0 Å². The molecule has 17 heteroatoms. The highest BCUT2D eigenvalue weighted by molar-refractivity contribution is 5.68. The van der Waals surface area contributed by atoms with Crippen molar-refractivity contribution in [1.29, 1.82) is 0 Å². The third-order valence-corrected chi connectivity index (χ3v) is 6.97. The Labute approximate surface area is 252 Å². The van der Waals surface area contributed by atoms with Crippen molar-refractivity contribution in [2.24, 2.45) is 10.2 Å². The Hall–Kier alpha value is -4.56. The van der Waals surface area contributed by atoms with Crippen LogP contribution in [0.3, 0.4) is 0 Å². The van der Waals surface area contributed by atoms with Crippen molar-refractivity contribution in [3.63, 3.8) is 0 Å². The summed E-state index contributed by atoms with van der Waals surface area (Å²) in [5.74, 6) is -2.15. The summed E-state index contributed by atoms with van der Waals surface area (Å²) >= 11 is 0. The molecule has 0 radical (unpaired) electrons. The van der Waals surface area contributed by atoms with E-state index in [1.165, 1.54) is 6.92 Å². The topological polar surface area (TPSA) is 233 Å². The Kier molecular flexibility index (Phi) is 12.6. The number of amides is 1. The molecule has 0 spiro atoms. The predicted octanol–water partition coefficient (Wildman–Crippen LogP) is 3.75. The lowest BCUT2D eigenvalue weighted by Crippen LogP contribution is -2.61. The first-order valence-corrected chi connectivity index (χ1v) is 13.9. The molecular weight excluding hydrogens is 582 g/mol. The Morgan fingerprint density at radius 1 is 0.909 bits per heavy atom. The van der Waals surface area contributed by atoms with Crippen LogP contribution in [0.15, 0.2) is 40.6 Å². The molecule has 2 fully saturated rings. The van der Waals surface area contributed by atoms with E-state index >= 15 is 0 Å². The fourth-order valence-corrected chi connectivity index (χ4v) is 5.14. The quantitative estimate of drug-likeness (QED) is 0.124. The minimum Gasteiger partial charge on any atom is -0.458 e. The van der Waals surface area contributed by atoms with Crippen LogP contribution >= 0.6 is 0 Å². The van der Waals surface area contributed by atoms with Gasteiger partial charge in [-0.2, -0.15) is 0 Å². The largest absolute Gasteiger partial charge is 0.458 e. The first kappa shape index (κ1) is 33.9. The van der Waals surface area contributed by atoms with E-state index in [1.807, 2.05) is 30.3 Å². The molecule has 2 aliphatic rings. The number of ether oxygens (including phenoxy) is 6. The number of rotatable bonds is 11. The van der Waals surface area contributed by atoms with Crippen LogP contribution in [0.4, 0.5) is 4.79 Å². The van der Waals surface area contributed by atoms with Crippen molar-refractivity contribution in [2.75, 3.05) is 0 Å². The maximum absolute atomic E-state index is 12.5. The summed E-state index contributed by atoms with van der Waals surface area (Å²) in [5, 5.41) is 10.1. The second-order valence-corrected chi connectivity index (χ2v) is 10.3.